The molecule has 0 spiro atoms. The molecule has 1 rings (SSSR count). The maximum absolute atomic E-state index is 11.1. The van der Waals surface area contributed by atoms with Gasteiger partial charge in [0, 0.05) is 18.7 Å². The highest BCUT2D eigenvalue weighted by Crippen LogP contribution is 2.16. The maximum Gasteiger partial charge on any atom is 0.305 e. The first-order valence-electron chi connectivity index (χ1n) is 5.03. The fourth-order valence-corrected chi connectivity index (χ4v) is 1.89. The fourth-order valence-electron chi connectivity index (χ4n) is 1.40. The topological polar surface area (TPSA) is 115 Å². The number of nitrogens with two attached hydrogens (primary N) is 1. The van der Waals surface area contributed by atoms with E-state index in [0.717, 1.165) is 0 Å². The second-order valence-electron chi connectivity index (χ2n) is 3.97. The summed E-state index contributed by atoms with van der Waals surface area (Å²) < 4.78 is 23.8. The smallest absolute Gasteiger partial charge is 0.305 e. The van der Waals surface area contributed by atoms with Crippen LogP contribution in [0.2, 0.25) is 0 Å². The quantitative estimate of drug-likeness (QED) is 0.781. The zero-order valence-electron chi connectivity index (χ0n) is 9.62. The first-order chi connectivity index (χ1) is 7.71. The molecule has 0 saturated heterocycles. The van der Waals surface area contributed by atoms with Crippen LogP contribution in [0.3, 0.4) is 0 Å². The van der Waals surface area contributed by atoms with Crippen molar-refractivity contribution in [2.45, 2.75) is 37.8 Å². The number of hydrogen-bond donors (Lipinski definition) is 2. The Morgan fingerprint density at radius 1 is 1.59 bits per heavy atom. The van der Waals surface area contributed by atoms with Gasteiger partial charge in [0.25, 0.3) is 10.0 Å². The lowest BCUT2D eigenvalue weighted by atomic mass is 10.2. The van der Waals surface area contributed by atoms with Crippen LogP contribution in [0.25, 0.3) is 0 Å². The first kappa shape index (κ1) is 13.7. The van der Waals surface area contributed by atoms with E-state index in [1.165, 1.54) is 10.8 Å². The number of carboxylic acids is 1. The number of sulfonamides is 1. The molecule has 0 fully saturated rings. The monoisotopic (exact) mass is 261 g/mol. The van der Waals surface area contributed by atoms with Crippen molar-refractivity contribution in [2.24, 2.45) is 5.14 Å². The van der Waals surface area contributed by atoms with E-state index in [1.807, 2.05) is 13.8 Å². The SMILES string of the molecule is CC(C)c1nc(S(N)(=O)=O)cn1CCC(=O)O. The average Bonchev–Trinajstić information content (AvgIpc) is 2.57. The van der Waals surface area contributed by atoms with E-state index < -0.39 is 16.0 Å². The summed E-state index contributed by atoms with van der Waals surface area (Å²) in [4.78, 5) is 14.4. The summed E-state index contributed by atoms with van der Waals surface area (Å²) in [5.41, 5.74) is 0. The zero-order chi connectivity index (χ0) is 13.2. The third kappa shape index (κ3) is 3.53. The Morgan fingerprint density at radius 2 is 2.18 bits per heavy atom. The number of aliphatic carboxylic acids is 1. The molecule has 1 aromatic heterocycles. The minimum atomic E-state index is -3.86. The molecular formula is C9H15N3O4S. The molecule has 8 heteroatoms. The van der Waals surface area contributed by atoms with Crippen molar-refractivity contribution in [1.29, 1.82) is 0 Å². The summed E-state index contributed by atoms with van der Waals surface area (Å²) in [5.74, 6) is -0.458. The van der Waals surface area contributed by atoms with Crippen LogP contribution in [0.5, 0.6) is 0 Å². The zero-order valence-corrected chi connectivity index (χ0v) is 10.4. The number of aryl methyl sites for hydroxylation is 1. The van der Waals surface area contributed by atoms with Crippen LogP contribution in [0.15, 0.2) is 11.2 Å². The molecule has 96 valence electrons. The van der Waals surface area contributed by atoms with Crippen LogP contribution >= 0.6 is 0 Å². The molecule has 0 aliphatic carbocycles. The van der Waals surface area contributed by atoms with Gasteiger partial charge in [0.15, 0.2) is 5.03 Å². The number of nitrogens with zero attached hydrogens (tertiary/aromatic N) is 2. The molecule has 1 aromatic rings. The van der Waals surface area contributed by atoms with Crippen molar-refractivity contribution >= 4 is 16.0 Å². The van der Waals surface area contributed by atoms with Gasteiger partial charge < -0.3 is 9.67 Å². The van der Waals surface area contributed by atoms with Gasteiger partial charge in [0.2, 0.25) is 0 Å². The molecule has 0 radical (unpaired) electrons. The number of rotatable bonds is 5. The van der Waals surface area contributed by atoms with Gasteiger partial charge in [-0.05, 0) is 0 Å². The van der Waals surface area contributed by atoms with Gasteiger partial charge in [-0.3, -0.25) is 4.79 Å². The number of aromatic nitrogens is 2. The minimum Gasteiger partial charge on any atom is -0.481 e. The number of carboxylic acid groups (broad SMARTS) is 1. The predicted molar refractivity (Wildman–Crippen MR) is 59.9 cm³/mol. The molecule has 1 heterocycles. The molecule has 0 aromatic carbocycles. The van der Waals surface area contributed by atoms with Crippen LogP contribution in [0, 0.1) is 0 Å². The van der Waals surface area contributed by atoms with Crippen LogP contribution < -0.4 is 5.14 Å². The molecule has 0 bridgehead atoms. The summed E-state index contributed by atoms with van der Waals surface area (Å²) in [5, 5.41) is 13.3. The van der Waals surface area contributed by atoms with Crippen LogP contribution in [-0.2, 0) is 21.4 Å². The Morgan fingerprint density at radius 3 is 2.59 bits per heavy atom. The van der Waals surface area contributed by atoms with Gasteiger partial charge in [-0.1, -0.05) is 13.8 Å². The third-order valence-electron chi connectivity index (χ3n) is 2.16. The summed E-state index contributed by atoms with van der Waals surface area (Å²) in [6.45, 7) is 3.85. The van der Waals surface area contributed by atoms with E-state index in [4.69, 9.17) is 10.2 Å². The second kappa shape index (κ2) is 4.84. The van der Waals surface area contributed by atoms with E-state index in [0.29, 0.717) is 5.82 Å². The van der Waals surface area contributed by atoms with Crippen molar-refractivity contribution < 1.29 is 18.3 Å². The molecule has 0 atom stereocenters. The van der Waals surface area contributed by atoms with Crippen molar-refractivity contribution in [1.82, 2.24) is 9.55 Å². The maximum atomic E-state index is 11.1. The van der Waals surface area contributed by atoms with E-state index in [9.17, 15) is 13.2 Å². The lowest BCUT2D eigenvalue weighted by Gasteiger charge is -2.07. The van der Waals surface area contributed by atoms with E-state index >= 15 is 0 Å². The van der Waals surface area contributed by atoms with Crippen molar-refractivity contribution in [3.8, 4) is 0 Å². The molecule has 0 unspecified atom stereocenters. The molecule has 0 aliphatic heterocycles. The molecule has 0 saturated carbocycles. The van der Waals surface area contributed by atoms with E-state index in [-0.39, 0.29) is 23.9 Å². The second-order valence-corrected chi connectivity index (χ2v) is 5.48. The van der Waals surface area contributed by atoms with E-state index in [2.05, 4.69) is 4.98 Å². The Labute approximate surface area is 99.3 Å². The number of imidazole rings is 1. The fraction of sp³-hybridized carbons (Fsp3) is 0.556. The van der Waals surface area contributed by atoms with Gasteiger partial charge in [-0.15, -0.1) is 0 Å². The summed E-state index contributed by atoms with van der Waals surface area (Å²) in [6.07, 6.45) is 1.17. The Hall–Kier alpha value is -1.41. The van der Waals surface area contributed by atoms with Crippen molar-refractivity contribution in [3.05, 3.63) is 12.0 Å². The van der Waals surface area contributed by atoms with Gasteiger partial charge in [-0.25, -0.2) is 18.5 Å². The van der Waals surface area contributed by atoms with Gasteiger partial charge in [-0.2, -0.15) is 0 Å². The van der Waals surface area contributed by atoms with Gasteiger partial charge >= 0.3 is 5.97 Å². The standard InChI is InChI=1S/C9H15N3O4S/c1-6(2)9-11-7(17(10,15)16)5-12(9)4-3-8(13)14/h5-6H,3-4H2,1-2H3,(H,13,14)(H2,10,15,16). The molecule has 7 nitrogen and oxygen atoms in total. The highest BCUT2D eigenvalue weighted by Gasteiger charge is 2.18. The molecular weight excluding hydrogens is 246 g/mol. The highest BCUT2D eigenvalue weighted by atomic mass is 32.2. The van der Waals surface area contributed by atoms with E-state index in [1.54, 1.807) is 0 Å². The van der Waals surface area contributed by atoms with Crippen LogP contribution in [0.1, 0.15) is 32.0 Å². The molecule has 0 amide bonds. The van der Waals surface area contributed by atoms with Crippen molar-refractivity contribution in [2.75, 3.05) is 0 Å². The molecule has 17 heavy (non-hydrogen) atoms. The van der Waals surface area contributed by atoms with Gasteiger partial charge in [0.1, 0.15) is 5.82 Å². The predicted octanol–water partition coefficient (Wildman–Crippen LogP) is 0.129. The lowest BCUT2D eigenvalue weighted by Crippen LogP contribution is -2.12. The van der Waals surface area contributed by atoms with Crippen LogP contribution in [0.4, 0.5) is 0 Å². The molecule has 3 N–H and O–H groups in total. The number of hydrogen-bond acceptors (Lipinski definition) is 4. The Balaban J connectivity index is 3.10. The normalized spacial score (nSPS) is 12.0. The molecule has 0 aliphatic rings. The summed E-state index contributed by atoms with van der Waals surface area (Å²) in [7, 11) is -3.86. The van der Waals surface area contributed by atoms with Crippen molar-refractivity contribution in [3.63, 3.8) is 0 Å². The first-order valence-corrected chi connectivity index (χ1v) is 6.58. The highest BCUT2D eigenvalue weighted by molar-refractivity contribution is 7.89. The Kier molecular flexibility index (Phi) is 3.89. The van der Waals surface area contributed by atoms with Crippen LogP contribution in [-0.4, -0.2) is 29.0 Å². The summed E-state index contributed by atoms with van der Waals surface area (Å²) >= 11 is 0. The van der Waals surface area contributed by atoms with Gasteiger partial charge in [0.05, 0.1) is 6.42 Å². The Bertz CT molecular complexity index is 518. The summed E-state index contributed by atoms with van der Waals surface area (Å²) in [6, 6.07) is 0. The minimum absolute atomic E-state index is 0.0145. The number of primary sulfonamides is 1. The largest absolute Gasteiger partial charge is 0.481 e. The lowest BCUT2D eigenvalue weighted by molar-refractivity contribution is -0.137. The number of carbonyl (C=O) groups is 1. The average molecular weight is 261 g/mol. The third-order valence-corrected chi connectivity index (χ3v) is 2.94.